The lowest BCUT2D eigenvalue weighted by Crippen LogP contribution is -1.82. The monoisotopic (exact) mass is 165 g/mol. The first-order valence-electron chi connectivity index (χ1n) is 4.97. The van der Waals surface area contributed by atoms with Crippen molar-refractivity contribution in [1.82, 2.24) is 4.98 Å². The summed E-state index contributed by atoms with van der Waals surface area (Å²) in [4.78, 5) is 3.21. The average Bonchev–Trinajstić information content (AvgIpc) is 2.45. The van der Waals surface area contributed by atoms with E-state index in [1.54, 1.807) is 0 Å². The Labute approximate surface area is 75.2 Å². The van der Waals surface area contributed by atoms with E-state index in [1.807, 2.05) is 0 Å². The van der Waals surface area contributed by atoms with E-state index >= 15 is 0 Å². The van der Waals surface area contributed by atoms with Gasteiger partial charge in [-0.1, -0.05) is 26.2 Å². The van der Waals surface area contributed by atoms with Gasteiger partial charge in [-0.3, -0.25) is 0 Å². The summed E-state index contributed by atoms with van der Waals surface area (Å²) in [5.74, 6) is 0. The minimum absolute atomic E-state index is 1.24. The summed E-state index contributed by atoms with van der Waals surface area (Å²) in [5.41, 5.74) is 2.74. The lowest BCUT2D eigenvalue weighted by molar-refractivity contribution is 0.667. The maximum absolute atomic E-state index is 3.21. The van der Waals surface area contributed by atoms with Crippen molar-refractivity contribution in [3.8, 4) is 0 Å². The first kappa shape index (κ1) is 9.37. The molecule has 1 aromatic heterocycles. The second kappa shape index (κ2) is 5.02. The standard InChI is InChI=1S/C11H19N/c1-3-4-5-6-7-11-8-10(2)12-9-11/h8-9,12H,3-7H2,1-2H3. The molecule has 0 atom stereocenters. The highest BCUT2D eigenvalue weighted by Crippen LogP contribution is 2.08. The van der Waals surface area contributed by atoms with Gasteiger partial charge in [-0.15, -0.1) is 0 Å². The third-order valence-corrected chi connectivity index (χ3v) is 2.21. The number of H-pyrrole nitrogens is 1. The largest absolute Gasteiger partial charge is 0.365 e. The van der Waals surface area contributed by atoms with Gasteiger partial charge < -0.3 is 4.98 Å². The molecule has 0 saturated carbocycles. The molecule has 0 aliphatic carbocycles. The van der Waals surface area contributed by atoms with E-state index in [2.05, 4.69) is 31.1 Å². The van der Waals surface area contributed by atoms with Crippen LogP contribution < -0.4 is 0 Å². The number of hydrogen-bond acceptors (Lipinski definition) is 0. The zero-order valence-electron chi connectivity index (χ0n) is 8.19. The van der Waals surface area contributed by atoms with Gasteiger partial charge in [0, 0.05) is 11.9 Å². The molecule has 0 aromatic carbocycles. The number of aromatic nitrogens is 1. The fourth-order valence-corrected chi connectivity index (χ4v) is 1.47. The molecule has 68 valence electrons. The van der Waals surface area contributed by atoms with Crippen LogP contribution in [0.15, 0.2) is 12.3 Å². The molecule has 0 radical (unpaired) electrons. The average molecular weight is 165 g/mol. The van der Waals surface area contributed by atoms with Crippen molar-refractivity contribution in [2.24, 2.45) is 0 Å². The predicted molar refractivity (Wildman–Crippen MR) is 53.4 cm³/mol. The number of hydrogen-bond donors (Lipinski definition) is 1. The fourth-order valence-electron chi connectivity index (χ4n) is 1.47. The number of rotatable bonds is 5. The third kappa shape index (κ3) is 3.12. The summed E-state index contributed by atoms with van der Waals surface area (Å²) >= 11 is 0. The maximum Gasteiger partial charge on any atom is 0.0118 e. The fraction of sp³-hybridized carbons (Fsp3) is 0.636. The third-order valence-electron chi connectivity index (χ3n) is 2.21. The topological polar surface area (TPSA) is 15.8 Å². The van der Waals surface area contributed by atoms with E-state index in [0.717, 1.165) is 0 Å². The van der Waals surface area contributed by atoms with E-state index in [4.69, 9.17) is 0 Å². The smallest absolute Gasteiger partial charge is 0.0118 e. The maximum atomic E-state index is 3.21. The van der Waals surface area contributed by atoms with Crippen LogP contribution >= 0.6 is 0 Å². The van der Waals surface area contributed by atoms with Crippen LogP contribution in [0.3, 0.4) is 0 Å². The zero-order chi connectivity index (χ0) is 8.81. The number of unbranched alkanes of at least 4 members (excludes halogenated alkanes) is 3. The Morgan fingerprint density at radius 1 is 1.25 bits per heavy atom. The minimum atomic E-state index is 1.24. The number of nitrogens with one attached hydrogen (secondary N) is 1. The van der Waals surface area contributed by atoms with Crippen molar-refractivity contribution in [1.29, 1.82) is 0 Å². The summed E-state index contributed by atoms with van der Waals surface area (Å²) in [6.45, 7) is 4.36. The van der Waals surface area contributed by atoms with Crippen LogP contribution in [0.2, 0.25) is 0 Å². The van der Waals surface area contributed by atoms with Gasteiger partial charge in [-0.2, -0.15) is 0 Å². The van der Waals surface area contributed by atoms with Crippen LogP contribution in [0.1, 0.15) is 43.9 Å². The molecule has 1 nitrogen and oxygen atoms in total. The summed E-state index contributed by atoms with van der Waals surface area (Å²) in [6, 6.07) is 2.24. The molecular weight excluding hydrogens is 146 g/mol. The molecule has 0 fully saturated rings. The Balaban J connectivity index is 2.15. The molecule has 0 aliphatic rings. The van der Waals surface area contributed by atoms with Gasteiger partial charge >= 0.3 is 0 Å². The van der Waals surface area contributed by atoms with Crippen LogP contribution in [0.4, 0.5) is 0 Å². The zero-order valence-corrected chi connectivity index (χ0v) is 8.19. The molecular formula is C11H19N. The summed E-state index contributed by atoms with van der Waals surface area (Å²) in [5, 5.41) is 0. The van der Waals surface area contributed by atoms with Crippen LogP contribution in [0.25, 0.3) is 0 Å². The van der Waals surface area contributed by atoms with Gasteiger partial charge in [0.2, 0.25) is 0 Å². The molecule has 0 aliphatic heterocycles. The predicted octanol–water partition coefficient (Wildman–Crippen LogP) is 3.45. The second-order valence-corrected chi connectivity index (χ2v) is 3.50. The van der Waals surface area contributed by atoms with Gasteiger partial charge in [0.25, 0.3) is 0 Å². The molecule has 0 saturated heterocycles. The van der Waals surface area contributed by atoms with Crippen molar-refractivity contribution < 1.29 is 0 Å². The quantitative estimate of drug-likeness (QED) is 0.643. The van der Waals surface area contributed by atoms with Crippen molar-refractivity contribution in [3.63, 3.8) is 0 Å². The molecule has 0 unspecified atom stereocenters. The normalized spacial score (nSPS) is 10.5. The van der Waals surface area contributed by atoms with Gasteiger partial charge in [0.05, 0.1) is 0 Å². The molecule has 0 amide bonds. The van der Waals surface area contributed by atoms with Gasteiger partial charge in [0.15, 0.2) is 0 Å². The van der Waals surface area contributed by atoms with E-state index in [9.17, 15) is 0 Å². The SMILES string of the molecule is CCCCCCc1c[nH]c(C)c1. The molecule has 1 aromatic rings. The highest BCUT2D eigenvalue weighted by molar-refractivity contribution is 5.15. The van der Waals surface area contributed by atoms with Crippen molar-refractivity contribution in [2.45, 2.75) is 46.0 Å². The van der Waals surface area contributed by atoms with E-state index < -0.39 is 0 Å². The van der Waals surface area contributed by atoms with Gasteiger partial charge in [-0.25, -0.2) is 0 Å². The molecule has 1 heterocycles. The Morgan fingerprint density at radius 3 is 2.67 bits per heavy atom. The lowest BCUT2D eigenvalue weighted by Gasteiger charge is -1.96. The molecule has 0 spiro atoms. The van der Waals surface area contributed by atoms with Crippen LogP contribution in [0, 0.1) is 6.92 Å². The highest BCUT2D eigenvalue weighted by Gasteiger charge is 1.94. The van der Waals surface area contributed by atoms with Crippen molar-refractivity contribution in [2.75, 3.05) is 0 Å². The molecule has 12 heavy (non-hydrogen) atoms. The summed E-state index contributed by atoms with van der Waals surface area (Å²) in [7, 11) is 0. The molecule has 1 rings (SSSR count). The minimum Gasteiger partial charge on any atom is -0.365 e. The Kier molecular flexibility index (Phi) is 3.92. The van der Waals surface area contributed by atoms with Crippen LogP contribution in [-0.4, -0.2) is 4.98 Å². The number of aromatic amines is 1. The van der Waals surface area contributed by atoms with E-state index in [0.29, 0.717) is 0 Å². The van der Waals surface area contributed by atoms with Crippen molar-refractivity contribution >= 4 is 0 Å². The molecule has 1 heteroatoms. The van der Waals surface area contributed by atoms with E-state index in [1.165, 1.54) is 43.4 Å². The summed E-state index contributed by atoms with van der Waals surface area (Å²) in [6.07, 6.45) is 8.78. The second-order valence-electron chi connectivity index (χ2n) is 3.50. The Morgan fingerprint density at radius 2 is 2.08 bits per heavy atom. The number of aryl methyl sites for hydroxylation is 2. The van der Waals surface area contributed by atoms with Gasteiger partial charge in [0.1, 0.15) is 0 Å². The van der Waals surface area contributed by atoms with E-state index in [-0.39, 0.29) is 0 Å². The van der Waals surface area contributed by atoms with Crippen molar-refractivity contribution in [3.05, 3.63) is 23.5 Å². The lowest BCUT2D eigenvalue weighted by atomic mass is 10.1. The summed E-state index contributed by atoms with van der Waals surface area (Å²) < 4.78 is 0. The first-order chi connectivity index (χ1) is 5.83. The van der Waals surface area contributed by atoms with Crippen LogP contribution in [-0.2, 0) is 6.42 Å². The van der Waals surface area contributed by atoms with Gasteiger partial charge in [-0.05, 0) is 31.4 Å². The Hall–Kier alpha value is -0.720. The van der Waals surface area contributed by atoms with Crippen LogP contribution in [0.5, 0.6) is 0 Å². The highest BCUT2D eigenvalue weighted by atomic mass is 14.7. The molecule has 0 bridgehead atoms. The Bertz CT molecular complexity index is 213. The molecule has 1 N–H and O–H groups in total. The first-order valence-corrected chi connectivity index (χ1v) is 4.97.